The number of nitrogen functional groups attached to an aromatic ring is 1. The maximum Gasteiger partial charge on any atom is 0.264 e. The second-order valence-corrected chi connectivity index (χ2v) is 7.25. The minimum Gasteiger partial charge on any atom is -0.399 e. The third-order valence-electron chi connectivity index (χ3n) is 3.73. The molecule has 4 nitrogen and oxygen atoms in total. The fourth-order valence-corrected chi connectivity index (χ4v) is 4.48. The number of para-hydroxylation sites is 1. The average molecular weight is 302 g/mol. The van der Waals surface area contributed by atoms with E-state index in [1.165, 1.54) is 10.4 Å². The van der Waals surface area contributed by atoms with E-state index in [0.717, 1.165) is 29.7 Å². The van der Waals surface area contributed by atoms with E-state index in [-0.39, 0.29) is 4.90 Å². The maximum atomic E-state index is 12.9. The molecular weight excluding hydrogens is 284 g/mol. The quantitative estimate of drug-likeness (QED) is 0.868. The third-order valence-corrected chi connectivity index (χ3v) is 5.52. The van der Waals surface area contributed by atoms with E-state index < -0.39 is 10.0 Å². The smallest absolute Gasteiger partial charge is 0.264 e. The predicted octanol–water partition coefficient (Wildman–Crippen LogP) is 2.72. The highest BCUT2D eigenvalue weighted by atomic mass is 32.2. The summed E-state index contributed by atoms with van der Waals surface area (Å²) < 4.78 is 27.3. The topological polar surface area (TPSA) is 63.4 Å². The summed E-state index contributed by atoms with van der Waals surface area (Å²) in [5.41, 5.74) is 8.97. The van der Waals surface area contributed by atoms with E-state index >= 15 is 0 Å². The first-order valence-electron chi connectivity index (χ1n) is 6.96. The van der Waals surface area contributed by atoms with E-state index in [1.807, 2.05) is 31.2 Å². The Kier molecular flexibility index (Phi) is 3.37. The van der Waals surface area contributed by atoms with Gasteiger partial charge in [-0.05, 0) is 55.2 Å². The Balaban J connectivity index is 2.11. The largest absolute Gasteiger partial charge is 0.399 e. The lowest BCUT2D eigenvalue weighted by Crippen LogP contribution is -2.35. The van der Waals surface area contributed by atoms with Crippen LogP contribution in [-0.4, -0.2) is 15.0 Å². The minimum atomic E-state index is -3.57. The van der Waals surface area contributed by atoms with Gasteiger partial charge in [-0.2, -0.15) is 0 Å². The zero-order valence-electron chi connectivity index (χ0n) is 11.9. The molecule has 1 aliphatic rings. The predicted molar refractivity (Wildman–Crippen MR) is 84.9 cm³/mol. The van der Waals surface area contributed by atoms with Crippen LogP contribution in [0.1, 0.15) is 17.5 Å². The molecule has 0 spiro atoms. The number of anilines is 2. The average Bonchev–Trinajstić information content (AvgIpc) is 2.45. The lowest BCUT2D eigenvalue weighted by molar-refractivity contribution is 0.586. The lowest BCUT2D eigenvalue weighted by atomic mass is 10.0. The standard InChI is InChI=1S/C16H18N2O2S/c1-12-9-14(17)11-15(10-12)21(19,20)18-8-4-6-13-5-2-3-7-16(13)18/h2-3,5,7,9-11H,4,6,8,17H2,1H3. The Bertz CT molecular complexity index is 764. The molecule has 110 valence electrons. The molecule has 2 aromatic rings. The molecule has 0 radical (unpaired) electrons. The van der Waals surface area contributed by atoms with E-state index in [9.17, 15) is 8.42 Å². The monoisotopic (exact) mass is 302 g/mol. The number of hydrogen-bond acceptors (Lipinski definition) is 3. The first-order valence-corrected chi connectivity index (χ1v) is 8.40. The zero-order valence-corrected chi connectivity index (χ0v) is 12.7. The van der Waals surface area contributed by atoms with Crippen molar-refractivity contribution < 1.29 is 8.42 Å². The first kappa shape index (κ1) is 13.9. The molecule has 0 saturated carbocycles. The number of rotatable bonds is 2. The van der Waals surface area contributed by atoms with Gasteiger partial charge in [0, 0.05) is 12.2 Å². The Morgan fingerprint density at radius 2 is 1.90 bits per heavy atom. The van der Waals surface area contributed by atoms with Crippen LogP contribution < -0.4 is 10.0 Å². The van der Waals surface area contributed by atoms with E-state index in [1.54, 1.807) is 12.1 Å². The molecule has 3 rings (SSSR count). The molecule has 0 unspecified atom stereocenters. The van der Waals surface area contributed by atoms with Crippen LogP contribution >= 0.6 is 0 Å². The molecule has 0 aliphatic carbocycles. The molecule has 0 atom stereocenters. The van der Waals surface area contributed by atoms with Gasteiger partial charge in [0.1, 0.15) is 0 Å². The number of nitrogens with two attached hydrogens (primary N) is 1. The van der Waals surface area contributed by atoms with Crippen molar-refractivity contribution in [2.24, 2.45) is 0 Å². The number of fused-ring (bicyclic) bond motifs is 1. The number of nitrogens with zero attached hydrogens (tertiary/aromatic N) is 1. The van der Waals surface area contributed by atoms with E-state index in [4.69, 9.17) is 5.73 Å². The summed E-state index contributed by atoms with van der Waals surface area (Å²) in [7, 11) is -3.57. The van der Waals surface area contributed by atoms with Crippen molar-refractivity contribution in [2.75, 3.05) is 16.6 Å². The molecule has 2 aromatic carbocycles. The van der Waals surface area contributed by atoms with Crippen molar-refractivity contribution in [1.29, 1.82) is 0 Å². The molecule has 0 bridgehead atoms. The molecule has 2 N–H and O–H groups in total. The number of sulfonamides is 1. The van der Waals surface area contributed by atoms with Crippen LogP contribution in [0.15, 0.2) is 47.4 Å². The summed E-state index contributed by atoms with van der Waals surface area (Å²) in [6, 6.07) is 12.6. The van der Waals surface area contributed by atoms with Crippen molar-refractivity contribution >= 4 is 21.4 Å². The summed E-state index contributed by atoms with van der Waals surface area (Å²) in [6.45, 7) is 2.35. The molecule has 5 heteroatoms. The van der Waals surface area contributed by atoms with Gasteiger partial charge in [-0.15, -0.1) is 0 Å². The summed E-state index contributed by atoms with van der Waals surface area (Å²) in [5, 5.41) is 0. The van der Waals surface area contributed by atoms with Crippen LogP contribution in [0.3, 0.4) is 0 Å². The highest BCUT2D eigenvalue weighted by Gasteiger charge is 2.29. The van der Waals surface area contributed by atoms with Gasteiger partial charge in [-0.1, -0.05) is 18.2 Å². The van der Waals surface area contributed by atoms with Crippen LogP contribution in [0.25, 0.3) is 0 Å². The second kappa shape index (κ2) is 5.07. The Hall–Kier alpha value is -2.01. The van der Waals surface area contributed by atoms with Gasteiger partial charge in [0.2, 0.25) is 0 Å². The molecule has 0 saturated heterocycles. The van der Waals surface area contributed by atoms with Gasteiger partial charge >= 0.3 is 0 Å². The molecular formula is C16H18N2O2S. The van der Waals surface area contributed by atoms with Crippen molar-refractivity contribution in [3.63, 3.8) is 0 Å². The first-order chi connectivity index (χ1) is 9.98. The highest BCUT2D eigenvalue weighted by Crippen LogP contribution is 2.32. The number of benzene rings is 2. The third kappa shape index (κ3) is 2.49. The Morgan fingerprint density at radius 1 is 1.14 bits per heavy atom. The van der Waals surface area contributed by atoms with Gasteiger partial charge in [0.05, 0.1) is 10.6 Å². The second-order valence-electron chi connectivity index (χ2n) is 5.39. The SMILES string of the molecule is Cc1cc(N)cc(S(=O)(=O)N2CCCc3ccccc32)c1. The van der Waals surface area contributed by atoms with Crippen LogP contribution in [0.4, 0.5) is 11.4 Å². The molecule has 21 heavy (non-hydrogen) atoms. The number of hydrogen-bond donors (Lipinski definition) is 1. The Labute approximate surface area is 125 Å². The van der Waals surface area contributed by atoms with Crippen LogP contribution in [0.5, 0.6) is 0 Å². The zero-order chi connectivity index (χ0) is 15.0. The van der Waals surface area contributed by atoms with Gasteiger partial charge in [0.15, 0.2) is 0 Å². The van der Waals surface area contributed by atoms with Crippen molar-refractivity contribution in [1.82, 2.24) is 0 Å². The lowest BCUT2D eigenvalue weighted by Gasteiger charge is -2.30. The van der Waals surface area contributed by atoms with Gasteiger partial charge in [-0.3, -0.25) is 4.31 Å². The highest BCUT2D eigenvalue weighted by molar-refractivity contribution is 7.92. The van der Waals surface area contributed by atoms with Gasteiger partial charge in [0.25, 0.3) is 10.0 Å². The summed E-state index contributed by atoms with van der Waals surface area (Å²) in [6.07, 6.45) is 1.75. The van der Waals surface area contributed by atoms with Gasteiger partial charge < -0.3 is 5.73 Å². The summed E-state index contributed by atoms with van der Waals surface area (Å²) >= 11 is 0. The van der Waals surface area contributed by atoms with Crippen molar-refractivity contribution in [3.05, 3.63) is 53.6 Å². The fraction of sp³-hybridized carbons (Fsp3) is 0.250. The van der Waals surface area contributed by atoms with Crippen LogP contribution in [0, 0.1) is 6.92 Å². The number of aryl methyl sites for hydroxylation is 2. The van der Waals surface area contributed by atoms with Crippen molar-refractivity contribution in [2.45, 2.75) is 24.7 Å². The Morgan fingerprint density at radius 3 is 2.67 bits per heavy atom. The minimum absolute atomic E-state index is 0.261. The van der Waals surface area contributed by atoms with E-state index in [2.05, 4.69) is 0 Å². The molecule has 0 aromatic heterocycles. The summed E-state index contributed by atoms with van der Waals surface area (Å²) in [5.74, 6) is 0. The van der Waals surface area contributed by atoms with E-state index in [0.29, 0.717) is 12.2 Å². The van der Waals surface area contributed by atoms with Crippen LogP contribution in [0.2, 0.25) is 0 Å². The fourth-order valence-electron chi connectivity index (χ4n) is 2.80. The molecule has 1 aliphatic heterocycles. The normalized spacial score (nSPS) is 14.8. The maximum absolute atomic E-state index is 12.9. The van der Waals surface area contributed by atoms with Crippen molar-refractivity contribution in [3.8, 4) is 0 Å². The van der Waals surface area contributed by atoms with Gasteiger partial charge in [-0.25, -0.2) is 8.42 Å². The molecule has 0 amide bonds. The summed E-state index contributed by atoms with van der Waals surface area (Å²) in [4.78, 5) is 0.261. The molecule has 0 fully saturated rings. The molecule has 1 heterocycles. The van der Waals surface area contributed by atoms with Crippen LogP contribution in [-0.2, 0) is 16.4 Å².